The third-order valence-corrected chi connectivity index (χ3v) is 3.83. The molecule has 0 spiro atoms. The normalized spacial score (nSPS) is 13.1. The molecular formula is C19H21FN2O2. The van der Waals surface area contributed by atoms with Gasteiger partial charge in [-0.1, -0.05) is 55.5 Å². The van der Waals surface area contributed by atoms with Gasteiger partial charge in [-0.15, -0.1) is 0 Å². The Balaban J connectivity index is 2.21. The van der Waals surface area contributed by atoms with Crippen LogP contribution in [0.3, 0.4) is 0 Å². The minimum atomic E-state index is -0.562. The van der Waals surface area contributed by atoms with Crippen LogP contribution < -0.4 is 11.1 Å². The fraction of sp³-hybridized carbons (Fsp3) is 0.263. The Labute approximate surface area is 140 Å². The standard InChI is InChI=1S/C19H21FN2O2/c1-13(11-18(21)23)19(24)22-17(12-14-7-3-2-4-8-14)15-9-5-6-10-16(15)20/h2-10,13,17H,11-12H2,1H3,(H2,21,23)(H,22,24)/t13-,17-/m1/s1. The Morgan fingerprint density at radius 1 is 1.08 bits per heavy atom. The van der Waals surface area contributed by atoms with Crippen molar-refractivity contribution in [1.82, 2.24) is 5.32 Å². The number of primary amides is 1. The van der Waals surface area contributed by atoms with E-state index in [1.54, 1.807) is 25.1 Å². The Bertz CT molecular complexity index is 704. The van der Waals surface area contributed by atoms with Crippen molar-refractivity contribution in [3.8, 4) is 0 Å². The van der Waals surface area contributed by atoms with E-state index in [4.69, 9.17) is 5.73 Å². The third kappa shape index (κ3) is 4.91. The van der Waals surface area contributed by atoms with Gasteiger partial charge < -0.3 is 11.1 Å². The van der Waals surface area contributed by atoms with Gasteiger partial charge in [-0.25, -0.2) is 4.39 Å². The van der Waals surface area contributed by atoms with Crippen molar-refractivity contribution in [1.29, 1.82) is 0 Å². The number of nitrogens with two attached hydrogens (primary N) is 1. The van der Waals surface area contributed by atoms with E-state index in [9.17, 15) is 14.0 Å². The summed E-state index contributed by atoms with van der Waals surface area (Å²) in [6.45, 7) is 1.63. The first-order valence-electron chi connectivity index (χ1n) is 7.84. The molecule has 2 rings (SSSR count). The van der Waals surface area contributed by atoms with E-state index in [-0.39, 0.29) is 18.1 Å². The van der Waals surface area contributed by atoms with Crippen molar-refractivity contribution in [2.45, 2.75) is 25.8 Å². The number of carbonyl (C=O) groups excluding carboxylic acids is 2. The van der Waals surface area contributed by atoms with Crippen LogP contribution >= 0.6 is 0 Å². The van der Waals surface area contributed by atoms with Crippen LogP contribution in [0.5, 0.6) is 0 Å². The maximum atomic E-state index is 14.2. The van der Waals surface area contributed by atoms with Crippen LogP contribution in [0.15, 0.2) is 54.6 Å². The van der Waals surface area contributed by atoms with Gasteiger partial charge in [0.05, 0.1) is 6.04 Å². The molecule has 0 aliphatic rings. The lowest BCUT2D eigenvalue weighted by Crippen LogP contribution is -2.36. The highest BCUT2D eigenvalue weighted by atomic mass is 19.1. The Morgan fingerprint density at radius 2 is 1.71 bits per heavy atom. The zero-order valence-electron chi connectivity index (χ0n) is 13.5. The van der Waals surface area contributed by atoms with Crippen LogP contribution in [0.2, 0.25) is 0 Å². The molecule has 0 saturated carbocycles. The van der Waals surface area contributed by atoms with Crippen LogP contribution in [-0.2, 0) is 16.0 Å². The summed E-state index contributed by atoms with van der Waals surface area (Å²) in [6.07, 6.45) is 0.415. The molecule has 0 unspecified atom stereocenters. The quantitative estimate of drug-likeness (QED) is 0.820. The van der Waals surface area contributed by atoms with Crippen LogP contribution in [0.1, 0.15) is 30.5 Å². The SMILES string of the molecule is C[C@H](CC(N)=O)C(=O)N[C@H](Cc1ccccc1)c1ccccc1F. The summed E-state index contributed by atoms with van der Waals surface area (Å²) in [5.41, 5.74) is 6.54. The fourth-order valence-electron chi connectivity index (χ4n) is 2.55. The topological polar surface area (TPSA) is 72.2 Å². The van der Waals surface area contributed by atoms with E-state index < -0.39 is 17.9 Å². The summed E-state index contributed by atoms with van der Waals surface area (Å²) in [5.74, 6) is -1.80. The third-order valence-electron chi connectivity index (χ3n) is 3.83. The largest absolute Gasteiger partial charge is 0.370 e. The van der Waals surface area contributed by atoms with Crippen molar-refractivity contribution in [3.05, 3.63) is 71.5 Å². The van der Waals surface area contributed by atoms with Gasteiger partial charge in [0.15, 0.2) is 0 Å². The second kappa shape index (κ2) is 8.24. The lowest BCUT2D eigenvalue weighted by Gasteiger charge is -2.22. The average Bonchev–Trinajstić information content (AvgIpc) is 2.55. The molecule has 0 bridgehead atoms. The number of rotatable bonds is 7. The highest BCUT2D eigenvalue weighted by Crippen LogP contribution is 2.22. The zero-order valence-corrected chi connectivity index (χ0v) is 13.5. The number of benzene rings is 2. The van der Waals surface area contributed by atoms with E-state index in [0.717, 1.165) is 5.56 Å². The first-order chi connectivity index (χ1) is 11.5. The minimum Gasteiger partial charge on any atom is -0.370 e. The molecule has 0 aliphatic carbocycles. The number of amides is 2. The van der Waals surface area contributed by atoms with Crippen LogP contribution in [0.25, 0.3) is 0 Å². The first-order valence-corrected chi connectivity index (χ1v) is 7.84. The number of hydrogen-bond acceptors (Lipinski definition) is 2. The van der Waals surface area contributed by atoms with Crippen LogP contribution in [0.4, 0.5) is 4.39 Å². The maximum Gasteiger partial charge on any atom is 0.223 e. The highest BCUT2D eigenvalue weighted by molar-refractivity contribution is 5.85. The molecule has 0 radical (unpaired) electrons. The average molecular weight is 328 g/mol. The van der Waals surface area contributed by atoms with E-state index >= 15 is 0 Å². The molecule has 4 nitrogen and oxygen atoms in total. The lowest BCUT2D eigenvalue weighted by atomic mass is 9.97. The summed E-state index contributed by atoms with van der Waals surface area (Å²) in [6, 6.07) is 15.4. The highest BCUT2D eigenvalue weighted by Gasteiger charge is 2.22. The minimum absolute atomic E-state index is 0.0405. The smallest absolute Gasteiger partial charge is 0.223 e. The van der Waals surface area contributed by atoms with Crippen molar-refractivity contribution in [3.63, 3.8) is 0 Å². The monoisotopic (exact) mass is 328 g/mol. The predicted octanol–water partition coefficient (Wildman–Crippen LogP) is 2.74. The van der Waals surface area contributed by atoms with Crippen molar-refractivity contribution in [2.24, 2.45) is 11.7 Å². The molecular weight excluding hydrogens is 307 g/mol. The Hall–Kier alpha value is -2.69. The van der Waals surface area contributed by atoms with Gasteiger partial charge in [0.25, 0.3) is 0 Å². The predicted molar refractivity (Wildman–Crippen MR) is 90.4 cm³/mol. The number of hydrogen-bond donors (Lipinski definition) is 2. The number of carbonyl (C=O) groups is 2. The molecule has 0 aliphatic heterocycles. The lowest BCUT2D eigenvalue weighted by molar-refractivity contribution is -0.129. The molecule has 0 aromatic heterocycles. The summed E-state index contributed by atoms with van der Waals surface area (Å²) in [5, 5.41) is 2.84. The summed E-state index contributed by atoms with van der Waals surface area (Å²) in [7, 11) is 0. The van der Waals surface area contributed by atoms with Crippen molar-refractivity contribution >= 4 is 11.8 Å². The van der Waals surface area contributed by atoms with Crippen molar-refractivity contribution in [2.75, 3.05) is 0 Å². The molecule has 3 N–H and O–H groups in total. The van der Waals surface area contributed by atoms with E-state index in [2.05, 4.69) is 5.32 Å². The number of nitrogens with one attached hydrogen (secondary N) is 1. The molecule has 0 fully saturated rings. The van der Waals surface area contributed by atoms with E-state index in [1.807, 2.05) is 30.3 Å². The second-order valence-corrected chi connectivity index (χ2v) is 5.84. The van der Waals surface area contributed by atoms with Crippen LogP contribution in [-0.4, -0.2) is 11.8 Å². The molecule has 0 saturated heterocycles. The van der Waals surface area contributed by atoms with E-state index in [0.29, 0.717) is 12.0 Å². The van der Waals surface area contributed by atoms with Gasteiger partial charge in [0.2, 0.25) is 11.8 Å². The van der Waals surface area contributed by atoms with Crippen molar-refractivity contribution < 1.29 is 14.0 Å². The molecule has 2 amide bonds. The first kappa shape index (κ1) is 17.7. The Kier molecular flexibility index (Phi) is 6.07. The summed E-state index contributed by atoms with van der Waals surface area (Å²) < 4.78 is 14.2. The van der Waals surface area contributed by atoms with Crippen LogP contribution in [0, 0.1) is 11.7 Å². The molecule has 2 aromatic rings. The zero-order chi connectivity index (χ0) is 17.5. The molecule has 0 heterocycles. The Morgan fingerprint density at radius 3 is 2.33 bits per heavy atom. The number of halogens is 1. The molecule has 2 atom stereocenters. The molecule has 24 heavy (non-hydrogen) atoms. The van der Waals surface area contributed by atoms with Gasteiger partial charge in [-0.2, -0.15) is 0 Å². The van der Waals surface area contributed by atoms with Gasteiger partial charge in [0.1, 0.15) is 5.82 Å². The van der Waals surface area contributed by atoms with Gasteiger partial charge in [-0.3, -0.25) is 9.59 Å². The molecule has 2 aromatic carbocycles. The molecule has 126 valence electrons. The summed E-state index contributed by atoms with van der Waals surface area (Å²) >= 11 is 0. The van der Waals surface area contributed by atoms with Gasteiger partial charge >= 0.3 is 0 Å². The van der Waals surface area contributed by atoms with E-state index in [1.165, 1.54) is 6.07 Å². The van der Waals surface area contributed by atoms with Gasteiger partial charge in [-0.05, 0) is 18.1 Å². The fourth-order valence-corrected chi connectivity index (χ4v) is 2.55. The maximum absolute atomic E-state index is 14.2. The van der Waals surface area contributed by atoms with Gasteiger partial charge in [0, 0.05) is 17.9 Å². The summed E-state index contributed by atoms with van der Waals surface area (Å²) in [4.78, 5) is 23.3. The molecule has 5 heteroatoms. The second-order valence-electron chi connectivity index (χ2n) is 5.84.